The zero-order chi connectivity index (χ0) is 32.0. The van der Waals surface area contributed by atoms with E-state index in [0.717, 1.165) is 16.9 Å². The molecular weight excluding hydrogens is 592 g/mol. The van der Waals surface area contributed by atoms with E-state index in [1.54, 1.807) is 25.3 Å². The summed E-state index contributed by atoms with van der Waals surface area (Å²) in [6, 6.07) is 20.5. The number of methoxy groups -OCH3 is 1. The van der Waals surface area contributed by atoms with Crippen LogP contribution in [0.3, 0.4) is 0 Å². The Morgan fingerprint density at radius 1 is 0.848 bits per heavy atom. The highest BCUT2D eigenvalue weighted by molar-refractivity contribution is 5.95. The Balaban J connectivity index is 1.24. The van der Waals surface area contributed by atoms with Crippen LogP contribution in [-0.4, -0.2) is 74.3 Å². The highest BCUT2D eigenvalue weighted by Crippen LogP contribution is 2.35. The number of hydrogen-bond acceptors (Lipinski definition) is 13. The molecule has 0 saturated carbocycles. The fourth-order valence-electron chi connectivity index (χ4n) is 4.43. The quantitative estimate of drug-likeness (QED) is 0.101. The van der Waals surface area contributed by atoms with Crippen LogP contribution in [0.5, 0.6) is 17.2 Å². The van der Waals surface area contributed by atoms with Crippen molar-refractivity contribution in [2.24, 2.45) is 5.73 Å². The Hall–Kier alpha value is -5.18. The first-order valence-corrected chi connectivity index (χ1v) is 14.9. The topological polar surface area (TPSA) is 176 Å². The van der Waals surface area contributed by atoms with Crippen LogP contribution in [0.25, 0.3) is 0 Å². The lowest BCUT2D eigenvalue weighted by Gasteiger charge is -2.13. The Kier molecular flexibility index (Phi) is 11.7. The van der Waals surface area contributed by atoms with Crippen LogP contribution in [0.15, 0.2) is 66.7 Å². The summed E-state index contributed by atoms with van der Waals surface area (Å²) in [6.07, 6.45) is 0. The van der Waals surface area contributed by atoms with Crippen LogP contribution >= 0.6 is 0 Å². The van der Waals surface area contributed by atoms with E-state index in [0.29, 0.717) is 87.3 Å². The highest BCUT2D eigenvalue weighted by Gasteiger charge is 2.17. The van der Waals surface area contributed by atoms with Crippen molar-refractivity contribution in [2.75, 3.05) is 69.4 Å². The summed E-state index contributed by atoms with van der Waals surface area (Å²) in [5, 5.41) is 12.6. The van der Waals surface area contributed by atoms with E-state index in [-0.39, 0.29) is 18.6 Å². The normalized spacial score (nSPS) is 11.6. The molecule has 46 heavy (non-hydrogen) atoms. The first-order chi connectivity index (χ1) is 22.6. The Morgan fingerprint density at radius 3 is 2.37 bits per heavy atom. The Labute approximate surface area is 267 Å². The fraction of sp³-hybridized carbons (Fsp3) is 0.312. The number of anilines is 4. The number of benzene rings is 3. The van der Waals surface area contributed by atoms with E-state index in [9.17, 15) is 4.79 Å². The van der Waals surface area contributed by atoms with E-state index in [2.05, 4.69) is 36.2 Å². The van der Waals surface area contributed by atoms with Crippen LogP contribution in [0.2, 0.25) is 0 Å². The van der Waals surface area contributed by atoms with Crippen molar-refractivity contribution in [1.82, 2.24) is 20.3 Å². The molecule has 0 atom stereocenters. The lowest BCUT2D eigenvalue weighted by atomic mass is 10.2. The minimum absolute atomic E-state index is 0.182. The summed E-state index contributed by atoms with van der Waals surface area (Å²) in [6.45, 7) is 3.65. The van der Waals surface area contributed by atoms with Gasteiger partial charge in [-0.3, -0.25) is 4.79 Å². The van der Waals surface area contributed by atoms with Gasteiger partial charge in [0.25, 0.3) is 5.91 Å². The number of nitrogens with one attached hydrogen (secondary N) is 4. The molecule has 0 saturated heterocycles. The molecule has 14 heteroatoms. The van der Waals surface area contributed by atoms with Crippen molar-refractivity contribution < 1.29 is 28.5 Å². The standard InChI is InChI=1S/C32H38N8O6/c1-42-26-10-8-22(9-11-26)19-35-30-38-31(36-20-24-5-3-7-27-28(24)46-21-45-27)40-32(39-30)37-25-6-2-4-23(18-25)29(41)34-13-15-44-17-16-43-14-12-33/h2-11,18H,12-17,19-21,33H2,1H3,(H,34,41)(H3,35,36,37,38,39,40). The van der Waals surface area contributed by atoms with E-state index >= 15 is 0 Å². The van der Waals surface area contributed by atoms with E-state index in [1.165, 1.54) is 0 Å². The fourth-order valence-corrected chi connectivity index (χ4v) is 4.43. The van der Waals surface area contributed by atoms with Gasteiger partial charge in [-0.05, 0) is 42.0 Å². The molecule has 242 valence electrons. The molecule has 1 amide bonds. The molecule has 1 aromatic heterocycles. The first-order valence-electron chi connectivity index (χ1n) is 14.9. The number of aromatic nitrogens is 3. The van der Waals surface area contributed by atoms with Gasteiger partial charge in [0.15, 0.2) is 11.5 Å². The molecule has 0 unspecified atom stereocenters. The van der Waals surface area contributed by atoms with Crippen LogP contribution in [0.1, 0.15) is 21.5 Å². The lowest BCUT2D eigenvalue weighted by Crippen LogP contribution is -2.27. The molecule has 5 rings (SSSR count). The third-order valence-corrected chi connectivity index (χ3v) is 6.71. The molecule has 0 fully saturated rings. The number of nitrogens with two attached hydrogens (primary N) is 1. The average molecular weight is 631 g/mol. The number of carbonyl (C=O) groups excluding carboxylic acids is 1. The molecule has 2 heterocycles. The Bertz CT molecular complexity index is 1570. The third kappa shape index (κ3) is 9.41. The minimum Gasteiger partial charge on any atom is -0.497 e. The number of ether oxygens (including phenoxy) is 5. The molecule has 1 aliphatic rings. The van der Waals surface area contributed by atoms with Gasteiger partial charge in [-0.1, -0.05) is 30.3 Å². The number of para-hydroxylation sites is 1. The maximum Gasteiger partial charge on any atom is 0.251 e. The number of rotatable bonds is 18. The molecule has 6 N–H and O–H groups in total. The van der Waals surface area contributed by atoms with Gasteiger partial charge in [-0.15, -0.1) is 0 Å². The molecule has 4 aromatic rings. The van der Waals surface area contributed by atoms with Crippen molar-refractivity contribution in [3.63, 3.8) is 0 Å². The monoisotopic (exact) mass is 630 g/mol. The lowest BCUT2D eigenvalue weighted by molar-refractivity contribution is 0.0511. The van der Waals surface area contributed by atoms with E-state index in [4.69, 9.17) is 29.4 Å². The first kappa shape index (κ1) is 32.2. The summed E-state index contributed by atoms with van der Waals surface area (Å²) in [5.41, 5.74) is 8.42. The predicted octanol–water partition coefficient (Wildman–Crippen LogP) is 3.30. The Morgan fingerprint density at radius 2 is 1.59 bits per heavy atom. The summed E-state index contributed by atoms with van der Waals surface area (Å²) < 4.78 is 27.1. The number of amides is 1. The number of hydrogen-bond donors (Lipinski definition) is 5. The minimum atomic E-state index is -0.229. The highest BCUT2D eigenvalue weighted by atomic mass is 16.7. The van der Waals surface area contributed by atoms with Crippen LogP contribution < -0.4 is 41.2 Å². The molecule has 0 radical (unpaired) electrons. The predicted molar refractivity (Wildman–Crippen MR) is 173 cm³/mol. The largest absolute Gasteiger partial charge is 0.497 e. The van der Waals surface area contributed by atoms with E-state index in [1.807, 2.05) is 48.5 Å². The van der Waals surface area contributed by atoms with Crippen LogP contribution in [0.4, 0.5) is 23.5 Å². The molecule has 1 aliphatic heterocycles. The number of fused-ring (bicyclic) bond motifs is 1. The van der Waals surface area contributed by atoms with Gasteiger partial charge in [-0.25, -0.2) is 0 Å². The second-order valence-corrected chi connectivity index (χ2v) is 9.99. The maximum atomic E-state index is 12.8. The number of carbonyl (C=O) groups is 1. The molecule has 3 aromatic carbocycles. The van der Waals surface area contributed by atoms with Crippen molar-refractivity contribution in [3.05, 3.63) is 83.4 Å². The zero-order valence-corrected chi connectivity index (χ0v) is 25.6. The maximum absolute atomic E-state index is 12.8. The average Bonchev–Trinajstić information content (AvgIpc) is 3.58. The van der Waals surface area contributed by atoms with Crippen molar-refractivity contribution in [2.45, 2.75) is 13.1 Å². The molecule has 0 aliphatic carbocycles. The van der Waals surface area contributed by atoms with Gasteiger partial charge < -0.3 is 50.7 Å². The molecule has 0 bridgehead atoms. The van der Waals surface area contributed by atoms with Crippen molar-refractivity contribution in [1.29, 1.82) is 0 Å². The van der Waals surface area contributed by atoms with Gasteiger partial charge in [-0.2, -0.15) is 15.0 Å². The molecule has 0 spiro atoms. The molecular formula is C32H38N8O6. The smallest absolute Gasteiger partial charge is 0.251 e. The second-order valence-electron chi connectivity index (χ2n) is 9.99. The van der Waals surface area contributed by atoms with Gasteiger partial charge >= 0.3 is 0 Å². The summed E-state index contributed by atoms with van der Waals surface area (Å²) >= 11 is 0. The van der Waals surface area contributed by atoms with Gasteiger partial charge in [0.2, 0.25) is 24.6 Å². The van der Waals surface area contributed by atoms with Gasteiger partial charge in [0.05, 0.1) is 33.5 Å². The number of nitrogens with zero attached hydrogens (tertiary/aromatic N) is 3. The van der Waals surface area contributed by atoms with Crippen molar-refractivity contribution >= 4 is 29.4 Å². The van der Waals surface area contributed by atoms with Gasteiger partial charge in [0.1, 0.15) is 5.75 Å². The van der Waals surface area contributed by atoms with Crippen LogP contribution in [-0.2, 0) is 22.6 Å². The summed E-state index contributed by atoms with van der Waals surface area (Å²) in [7, 11) is 1.63. The summed E-state index contributed by atoms with van der Waals surface area (Å²) in [5.74, 6) is 2.92. The summed E-state index contributed by atoms with van der Waals surface area (Å²) in [4.78, 5) is 26.5. The SMILES string of the molecule is COc1ccc(CNc2nc(NCc3cccc4c3OCO4)nc(Nc3cccc(C(=O)NCCOCCOCCN)c3)n2)cc1. The zero-order valence-electron chi connectivity index (χ0n) is 25.6. The van der Waals surface area contributed by atoms with E-state index < -0.39 is 0 Å². The molecule has 14 nitrogen and oxygen atoms in total. The third-order valence-electron chi connectivity index (χ3n) is 6.71. The second kappa shape index (κ2) is 16.8. The van der Waals surface area contributed by atoms with Crippen molar-refractivity contribution in [3.8, 4) is 17.2 Å². The van der Waals surface area contributed by atoms with Gasteiger partial charge in [0, 0.05) is 43.0 Å². The van der Waals surface area contributed by atoms with Crippen LogP contribution in [0, 0.1) is 0 Å².